The van der Waals surface area contributed by atoms with Gasteiger partial charge in [0.05, 0.1) is 23.2 Å². The minimum atomic E-state index is -0.534. The number of benzene rings is 3. The molecular weight excluding hydrogens is 590 g/mol. The summed E-state index contributed by atoms with van der Waals surface area (Å²) in [5.74, 6) is 0.946. The average molecular weight is 634 g/mol. The van der Waals surface area contributed by atoms with Gasteiger partial charge >= 0.3 is 6.09 Å². The largest absolute Gasteiger partial charge is 0.473 e. The fourth-order valence-corrected chi connectivity index (χ4v) is 6.10. The number of hydrogen-bond donors (Lipinski definition) is 0. The fourth-order valence-electron chi connectivity index (χ4n) is 6.10. The molecule has 2 atom stereocenters. The van der Waals surface area contributed by atoms with Crippen LogP contribution < -0.4 is 14.4 Å². The van der Waals surface area contributed by atoms with Crippen LogP contribution in [0.3, 0.4) is 0 Å². The van der Waals surface area contributed by atoms with Crippen molar-refractivity contribution in [2.24, 2.45) is 7.05 Å². The first-order valence-electron chi connectivity index (χ1n) is 16.1. The predicted octanol–water partition coefficient (Wildman–Crippen LogP) is 7.63. The van der Waals surface area contributed by atoms with Crippen molar-refractivity contribution in [2.45, 2.75) is 65.5 Å². The second-order valence-corrected chi connectivity index (χ2v) is 13.2. The van der Waals surface area contributed by atoms with E-state index in [0.717, 1.165) is 39.0 Å². The average Bonchev–Trinajstić information content (AvgIpc) is 3.37. The lowest BCUT2D eigenvalue weighted by molar-refractivity contribution is 0.00566. The Morgan fingerprint density at radius 2 is 1.45 bits per heavy atom. The third kappa shape index (κ3) is 7.35. The number of piperazine rings is 1. The molecular formula is C38H43N5O4. The van der Waals surface area contributed by atoms with E-state index in [-0.39, 0.29) is 18.2 Å². The fraction of sp³-hybridized carbons (Fsp3) is 0.342. The van der Waals surface area contributed by atoms with Gasteiger partial charge in [-0.2, -0.15) is 10.1 Å². The maximum Gasteiger partial charge on any atom is 0.410 e. The Morgan fingerprint density at radius 3 is 2.06 bits per heavy atom. The van der Waals surface area contributed by atoms with Crippen LogP contribution in [-0.4, -0.2) is 56.5 Å². The van der Waals surface area contributed by atoms with Gasteiger partial charge in [-0.1, -0.05) is 60.7 Å². The lowest BCUT2D eigenvalue weighted by Crippen LogP contribution is -2.59. The van der Waals surface area contributed by atoms with Crippen LogP contribution in [-0.2, 0) is 25.0 Å². The van der Waals surface area contributed by atoms with Crippen molar-refractivity contribution in [3.63, 3.8) is 0 Å². The smallest absolute Gasteiger partial charge is 0.410 e. The summed E-state index contributed by atoms with van der Waals surface area (Å²) >= 11 is 0. The Kier molecular flexibility index (Phi) is 9.07. The molecule has 2 aromatic heterocycles. The highest BCUT2D eigenvalue weighted by Gasteiger charge is 2.36. The van der Waals surface area contributed by atoms with E-state index >= 15 is 0 Å². The molecule has 5 aromatic rings. The maximum absolute atomic E-state index is 13.0. The number of fused-ring (bicyclic) bond motifs is 1. The van der Waals surface area contributed by atoms with Gasteiger partial charge in [-0.3, -0.25) is 9.58 Å². The van der Waals surface area contributed by atoms with Gasteiger partial charge in [0.25, 0.3) is 0 Å². The first-order chi connectivity index (χ1) is 22.6. The highest BCUT2D eigenvalue weighted by Crippen LogP contribution is 2.37. The molecule has 0 aliphatic carbocycles. The second-order valence-electron chi connectivity index (χ2n) is 13.2. The third-order valence-corrected chi connectivity index (χ3v) is 8.26. The van der Waals surface area contributed by atoms with Crippen molar-refractivity contribution < 1.29 is 19.0 Å². The number of hydrogen-bond acceptors (Lipinski definition) is 7. The Morgan fingerprint density at radius 1 is 0.830 bits per heavy atom. The summed E-state index contributed by atoms with van der Waals surface area (Å²) in [6.45, 7) is 12.0. The van der Waals surface area contributed by atoms with E-state index in [4.69, 9.17) is 24.3 Å². The van der Waals surface area contributed by atoms with Crippen LogP contribution in [0.4, 0.5) is 10.5 Å². The molecule has 3 aromatic carbocycles. The van der Waals surface area contributed by atoms with E-state index in [1.165, 1.54) is 0 Å². The number of aryl methyl sites for hydroxylation is 1. The van der Waals surface area contributed by atoms with Crippen molar-refractivity contribution in [3.05, 3.63) is 102 Å². The molecule has 9 nitrogen and oxygen atoms in total. The number of carbonyl (C=O) groups excluding carboxylic acids is 1. The molecule has 1 saturated heterocycles. The number of nitrogens with zero attached hydrogens (tertiary/aromatic N) is 5. The molecule has 3 heterocycles. The molecule has 1 amide bonds. The Balaban J connectivity index is 1.27. The molecule has 0 unspecified atom stereocenters. The topological polar surface area (TPSA) is 82.0 Å². The summed E-state index contributed by atoms with van der Waals surface area (Å²) in [5.41, 5.74) is 5.22. The lowest BCUT2D eigenvalue weighted by Gasteiger charge is -2.45. The normalized spacial score (nSPS) is 16.7. The molecule has 0 bridgehead atoms. The van der Waals surface area contributed by atoms with Crippen LogP contribution >= 0.6 is 0 Å². The first-order valence-corrected chi connectivity index (χ1v) is 16.1. The maximum atomic E-state index is 13.0. The second kappa shape index (κ2) is 13.4. The summed E-state index contributed by atoms with van der Waals surface area (Å²) in [6, 6.07) is 30.3. The molecule has 0 radical (unpaired) electrons. The van der Waals surface area contributed by atoms with Gasteiger partial charge in [0.1, 0.15) is 24.5 Å². The SMILES string of the molecule is C[C@H]1CN(c2ccc3c(-c4ccc(OCc5ccccc5)nc4OCc4ccccc4)nn(C)c3c2)C[C@H](C)N1C(=O)OC(C)(C)C. The monoisotopic (exact) mass is 633 g/mol. The molecule has 47 heavy (non-hydrogen) atoms. The van der Waals surface area contributed by atoms with Crippen LogP contribution in [0, 0.1) is 0 Å². The number of anilines is 1. The molecule has 244 valence electrons. The number of amides is 1. The van der Waals surface area contributed by atoms with Crippen molar-refractivity contribution in [1.29, 1.82) is 0 Å². The zero-order valence-corrected chi connectivity index (χ0v) is 28.0. The Labute approximate surface area is 276 Å². The molecule has 6 rings (SSSR count). The first kappa shape index (κ1) is 31.9. The van der Waals surface area contributed by atoms with Crippen molar-refractivity contribution in [3.8, 4) is 23.0 Å². The van der Waals surface area contributed by atoms with Gasteiger partial charge < -0.3 is 19.1 Å². The van der Waals surface area contributed by atoms with Crippen molar-refractivity contribution in [1.82, 2.24) is 19.7 Å². The summed E-state index contributed by atoms with van der Waals surface area (Å²) in [5, 5.41) is 5.95. The summed E-state index contributed by atoms with van der Waals surface area (Å²) in [6.07, 6.45) is -0.265. The van der Waals surface area contributed by atoms with Crippen molar-refractivity contribution >= 4 is 22.7 Å². The van der Waals surface area contributed by atoms with Crippen LogP contribution in [0.2, 0.25) is 0 Å². The number of aromatic nitrogens is 3. The van der Waals surface area contributed by atoms with Crippen LogP contribution in [0.15, 0.2) is 91.0 Å². The third-order valence-electron chi connectivity index (χ3n) is 8.26. The quantitative estimate of drug-likeness (QED) is 0.174. The van der Waals surface area contributed by atoms with Crippen LogP contribution in [0.25, 0.3) is 22.2 Å². The highest BCUT2D eigenvalue weighted by atomic mass is 16.6. The Bertz CT molecular complexity index is 1820. The standard InChI is InChI=1S/C38H43N5O4/c1-26-22-42(23-27(2)43(26)37(44)47-38(3,4)5)30-17-18-31-33(21-30)41(6)40-35(31)32-19-20-34(45-24-28-13-9-7-10-14-28)39-36(32)46-25-29-15-11-8-12-16-29/h7-21,26-27H,22-25H2,1-6H3/t26-,27-/m0/s1. The molecule has 1 aliphatic heterocycles. The number of carbonyl (C=O) groups is 1. The van der Waals surface area contributed by atoms with E-state index in [0.29, 0.717) is 38.1 Å². The van der Waals surface area contributed by atoms with E-state index in [1.54, 1.807) is 0 Å². The van der Waals surface area contributed by atoms with Crippen LogP contribution in [0.1, 0.15) is 45.7 Å². The highest BCUT2D eigenvalue weighted by molar-refractivity contribution is 5.96. The molecule has 0 spiro atoms. The van der Waals surface area contributed by atoms with E-state index in [9.17, 15) is 4.79 Å². The van der Waals surface area contributed by atoms with Gasteiger partial charge in [0, 0.05) is 37.3 Å². The van der Waals surface area contributed by atoms with E-state index in [1.807, 2.05) is 110 Å². The lowest BCUT2D eigenvalue weighted by atomic mass is 10.1. The molecule has 1 aliphatic rings. The van der Waals surface area contributed by atoms with Gasteiger partial charge in [-0.25, -0.2) is 4.79 Å². The minimum Gasteiger partial charge on any atom is -0.473 e. The van der Waals surface area contributed by atoms with E-state index < -0.39 is 5.60 Å². The van der Waals surface area contributed by atoms with Crippen LogP contribution in [0.5, 0.6) is 11.8 Å². The molecule has 1 fully saturated rings. The number of ether oxygens (including phenoxy) is 3. The summed E-state index contributed by atoms with van der Waals surface area (Å²) in [7, 11) is 1.95. The predicted molar refractivity (Wildman–Crippen MR) is 185 cm³/mol. The Hall–Kier alpha value is -5.05. The minimum absolute atomic E-state index is 0.00980. The molecule has 9 heteroatoms. The summed E-state index contributed by atoms with van der Waals surface area (Å²) < 4.78 is 20.0. The zero-order valence-electron chi connectivity index (χ0n) is 28.0. The van der Waals surface area contributed by atoms with Gasteiger partial charge in [0.15, 0.2) is 0 Å². The van der Waals surface area contributed by atoms with Crippen molar-refractivity contribution in [2.75, 3.05) is 18.0 Å². The molecule has 0 N–H and O–H groups in total. The molecule has 0 saturated carbocycles. The number of pyridine rings is 1. The summed E-state index contributed by atoms with van der Waals surface area (Å²) in [4.78, 5) is 22.0. The zero-order chi connectivity index (χ0) is 33.1. The van der Waals surface area contributed by atoms with Gasteiger partial charge in [0.2, 0.25) is 11.8 Å². The van der Waals surface area contributed by atoms with Gasteiger partial charge in [-0.05, 0) is 70.0 Å². The van der Waals surface area contributed by atoms with E-state index in [2.05, 4.69) is 36.9 Å². The number of rotatable bonds is 8. The van der Waals surface area contributed by atoms with Gasteiger partial charge in [-0.15, -0.1) is 0 Å².